The van der Waals surface area contributed by atoms with E-state index in [4.69, 9.17) is 0 Å². The fraction of sp³-hybridized carbons (Fsp3) is 0.375. The molecule has 1 aliphatic rings. The summed E-state index contributed by atoms with van der Waals surface area (Å²) in [5, 5.41) is 22.4. The summed E-state index contributed by atoms with van der Waals surface area (Å²) in [5.74, 6) is 0.331. The van der Waals surface area contributed by atoms with Gasteiger partial charge in [0.05, 0.1) is 15.5 Å². The van der Waals surface area contributed by atoms with Crippen molar-refractivity contribution in [2.45, 2.75) is 25.7 Å². The maximum Gasteiger partial charge on any atom is 0.355 e. The first-order chi connectivity index (χ1) is 13.1. The Morgan fingerprint density at radius 3 is 2.15 bits per heavy atom. The van der Waals surface area contributed by atoms with Crippen molar-refractivity contribution in [1.82, 2.24) is 9.97 Å². The molecule has 1 saturated heterocycles. The Morgan fingerprint density at radius 1 is 0.889 bits per heavy atom. The van der Waals surface area contributed by atoms with E-state index in [0.717, 1.165) is 25.7 Å². The molecule has 0 aliphatic carbocycles. The van der Waals surface area contributed by atoms with Crippen molar-refractivity contribution in [3.63, 3.8) is 0 Å². The van der Waals surface area contributed by atoms with E-state index in [1.807, 2.05) is 4.90 Å². The number of non-ortho nitro benzene ring substituents is 1. The molecule has 0 unspecified atom stereocenters. The Kier molecular flexibility index (Phi) is 5.59. The highest BCUT2D eigenvalue weighted by molar-refractivity contribution is 5.71. The number of nitro benzene ring substituents is 1. The molecule has 1 fully saturated rings. The predicted molar refractivity (Wildman–Crippen MR) is 99.7 cm³/mol. The maximum atomic E-state index is 11.7. The van der Waals surface area contributed by atoms with Crippen LogP contribution in [0.1, 0.15) is 25.7 Å². The second-order valence-corrected chi connectivity index (χ2v) is 6.11. The van der Waals surface area contributed by atoms with Crippen LogP contribution in [0.3, 0.4) is 0 Å². The summed E-state index contributed by atoms with van der Waals surface area (Å²) in [6.45, 7) is 1.43. The molecule has 2 aromatic rings. The van der Waals surface area contributed by atoms with Crippen LogP contribution in [-0.4, -0.2) is 32.9 Å². The molecule has 2 N–H and O–H groups in total. The first-order valence-corrected chi connectivity index (χ1v) is 8.57. The lowest BCUT2D eigenvalue weighted by molar-refractivity contribution is -0.384. The molecule has 1 aromatic heterocycles. The summed E-state index contributed by atoms with van der Waals surface area (Å²) in [6.07, 6.45) is 5.41. The third-order valence-electron chi connectivity index (χ3n) is 4.29. The summed E-state index contributed by atoms with van der Waals surface area (Å²) in [6, 6.07) is 5.66. The van der Waals surface area contributed by atoms with Gasteiger partial charge in [-0.1, -0.05) is 12.8 Å². The largest absolute Gasteiger partial charge is 0.355 e. The van der Waals surface area contributed by atoms with E-state index in [1.54, 1.807) is 0 Å². The molecule has 2 heterocycles. The van der Waals surface area contributed by atoms with Gasteiger partial charge in [0.1, 0.15) is 6.33 Å². The van der Waals surface area contributed by atoms with Gasteiger partial charge in [0, 0.05) is 25.2 Å². The fourth-order valence-electron chi connectivity index (χ4n) is 2.94. The summed E-state index contributed by atoms with van der Waals surface area (Å²) in [5.41, 5.74) is 5.75. The average Bonchev–Trinajstić information content (AvgIpc) is 2.95. The summed E-state index contributed by atoms with van der Waals surface area (Å²) in [7, 11) is 0. The smallest absolute Gasteiger partial charge is 0.351 e. The molecule has 27 heavy (non-hydrogen) atoms. The summed E-state index contributed by atoms with van der Waals surface area (Å²) >= 11 is 0. The van der Waals surface area contributed by atoms with Gasteiger partial charge >= 0.3 is 5.69 Å². The molecule has 1 aromatic carbocycles. The van der Waals surface area contributed by atoms with Crippen LogP contribution in [0.5, 0.6) is 0 Å². The van der Waals surface area contributed by atoms with Crippen LogP contribution in [0.4, 0.5) is 28.7 Å². The molecule has 142 valence electrons. The van der Waals surface area contributed by atoms with Crippen LogP contribution in [0, 0.1) is 20.2 Å². The van der Waals surface area contributed by atoms with Crippen LogP contribution in [0.2, 0.25) is 0 Å². The SMILES string of the molecule is O=[N+]([O-])c1ccc(NNc2ncnc(N3CCCCCC3)c2[N+](=O)[O-])cc1. The molecule has 0 atom stereocenters. The lowest BCUT2D eigenvalue weighted by atomic mass is 10.2. The van der Waals surface area contributed by atoms with Crippen LogP contribution in [-0.2, 0) is 0 Å². The van der Waals surface area contributed by atoms with Crippen LogP contribution < -0.4 is 15.8 Å². The summed E-state index contributed by atoms with van der Waals surface area (Å²) < 4.78 is 0. The second kappa shape index (κ2) is 8.25. The molecular weight excluding hydrogens is 354 g/mol. The van der Waals surface area contributed by atoms with Gasteiger partial charge in [0.2, 0.25) is 11.6 Å². The van der Waals surface area contributed by atoms with Crippen molar-refractivity contribution in [3.8, 4) is 0 Å². The number of anilines is 3. The topological polar surface area (TPSA) is 139 Å². The van der Waals surface area contributed by atoms with E-state index < -0.39 is 9.85 Å². The minimum absolute atomic E-state index is 0.0348. The van der Waals surface area contributed by atoms with E-state index in [1.165, 1.54) is 30.6 Å². The van der Waals surface area contributed by atoms with E-state index in [-0.39, 0.29) is 17.2 Å². The van der Waals surface area contributed by atoms with Crippen molar-refractivity contribution >= 4 is 28.7 Å². The number of hydrogen-bond donors (Lipinski definition) is 2. The Bertz CT molecular complexity index is 820. The molecule has 0 saturated carbocycles. The molecule has 11 heteroatoms. The number of hydrogen-bond acceptors (Lipinski definition) is 9. The van der Waals surface area contributed by atoms with Gasteiger partial charge in [-0.2, -0.15) is 0 Å². The van der Waals surface area contributed by atoms with E-state index >= 15 is 0 Å². The van der Waals surface area contributed by atoms with Crippen molar-refractivity contribution in [1.29, 1.82) is 0 Å². The Labute approximate surface area is 154 Å². The third-order valence-corrected chi connectivity index (χ3v) is 4.29. The Hall–Kier alpha value is -3.50. The van der Waals surface area contributed by atoms with E-state index in [0.29, 0.717) is 24.6 Å². The molecule has 1 aliphatic heterocycles. The lowest BCUT2D eigenvalue weighted by Gasteiger charge is -2.21. The lowest BCUT2D eigenvalue weighted by Crippen LogP contribution is -2.26. The highest BCUT2D eigenvalue weighted by Crippen LogP contribution is 2.33. The number of nitro groups is 2. The Balaban J connectivity index is 1.81. The third kappa shape index (κ3) is 4.37. The van der Waals surface area contributed by atoms with Gasteiger partial charge in [0.25, 0.3) is 5.69 Å². The van der Waals surface area contributed by atoms with Crippen LogP contribution in [0.15, 0.2) is 30.6 Å². The average molecular weight is 373 g/mol. The van der Waals surface area contributed by atoms with Gasteiger partial charge in [-0.05, 0) is 25.0 Å². The first-order valence-electron chi connectivity index (χ1n) is 8.57. The fourth-order valence-corrected chi connectivity index (χ4v) is 2.94. The molecule has 3 rings (SSSR count). The van der Waals surface area contributed by atoms with Crippen molar-refractivity contribution in [2.75, 3.05) is 28.8 Å². The highest BCUT2D eigenvalue weighted by Gasteiger charge is 2.27. The number of rotatable bonds is 6. The van der Waals surface area contributed by atoms with E-state index in [9.17, 15) is 20.2 Å². The number of hydrazine groups is 1. The quantitative estimate of drug-likeness (QED) is 0.577. The highest BCUT2D eigenvalue weighted by atomic mass is 16.6. The maximum absolute atomic E-state index is 11.7. The Morgan fingerprint density at radius 2 is 1.56 bits per heavy atom. The normalized spacial score (nSPS) is 14.3. The zero-order valence-corrected chi connectivity index (χ0v) is 14.5. The minimum Gasteiger partial charge on any atom is -0.351 e. The van der Waals surface area contributed by atoms with E-state index in [2.05, 4.69) is 20.8 Å². The second-order valence-electron chi connectivity index (χ2n) is 6.11. The van der Waals surface area contributed by atoms with Gasteiger partial charge in [-0.3, -0.25) is 31.1 Å². The van der Waals surface area contributed by atoms with Gasteiger partial charge < -0.3 is 4.90 Å². The predicted octanol–water partition coefficient (Wildman–Crippen LogP) is 3.11. The van der Waals surface area contributed by atoms with Crippen molar-refractivity contribution in [2.24, 2.45) is 0 Å². The van der Waals surface area contributed by atoms with Gasteiger partial charge in [0.15, 0.2) is 0 Å². The number of nitrogens with one attached hydrogen (secondary N) is 2. The molecule has 11 nitrogen and oxygen atoms in total. The molecule has 0 bridgehead atoms. The number of benzene rings is 1. The summed E-state index contributed by atoms with van der Waals surface area (Å²) in [4.78, 5) is 31.4. The zero-order valence-electron chi connectivity index (χ0n) is 14.5. The molecule has 0 radical (unpaired) electrons. The molecule has 0 amide bonds. The zero-order chi connectivity index (χ0) is 19.2. The van der Waals surface area contributed by atoms with Gasteiger partial charge in [-0.15, -0.1) is 0 Å². The standard InChI is InChI=1S/C16H19N7O4/c24-22(25)13-7-5-12(6-8-13)19-20-15-14(23(26)27)16(18-11-17-15)21-9-3-1-2-4-10-21/h5-8,11,19H,1-4,9-10H2,(H,17,18,20). The minimum atomic E-state index is -0.500. The van der Waals surface area contributed by atoms with Crippen molar-refractivity contribution in [3.05, 3.63) is 50.8 Å². The van der Waals surface area contributed by atoms with Crippen molar-refractivity contribution < 1.29 is 9.85 Å². The molecule has 0 spiro atoms. The monoisotopic (exact) mass is 373 g/mol. The molecular formula is C16H19N7O4. The number of nitrogens with zero attached hydrogens (tertiary/aromatic N) is 5. The van der Waals surface area contributed by atoms with Gasteiger partial charge in [-0.25, -0.2) is 9.97 Å². The van der Waals surface area contributed by atoms with Crippen LogP contribution >= 0.6 is 0 Å². The first kappa shape index (κ1) is 18.3. The number of aromatic nitrogens is 2. The van der Waals surface area contributed by atoms with Crippen LogP contribution in [0.25, 0.3) is 0 Å².